The van der Waals surface area contributed by atoms with Crippen LogP contribution in [0.1, 0.15) is 23.7 Å². The van der Waals surface area contributed by atoms with Gasteiger partial charge in [0.15, 0.2) is 0 Å². The van der Waals surface area contributed by atoms with E-state index in [0.29, 0.717) is 13.0 Å². The topological polar surface area (TPSA) is 89.3 Å². The van der Waals surface area contributed by atoms with Crippen LogP contribution in [-0.2, 0) is 4.79 Å². The minimum Gasteiger partial charge on any atom is -0.352 e. The Hall–Kier alpha value is -2.24. The maximum atomic E-state index is 11.8. The van der Waals surface area contributed by atoms with Gasteiger partial charge < -0.3 is 10.1 Å². The molecule has 1 unspecified atom stereocenters. The van der Waals surface area contributed by atoms with Crippen molar-refractivity contribution in [2.45, 2.75) is 13.3 Å². The Morgan fingerprint density at radius 2 is 2.17 bits per heavy atom. The third-order valence-corrected chi connectivity index (χ3v) is 2.46. The van der Waals surface area contributed by atoms with Gasteiger partial charge >= 0.3 is 0 Å². The highest BCUT2D eigenvalue weighted by Crippen LogP contribution is 2.17. The van der Waals surface area contributed by atoms with Crippen molar-refractivity contribution in [3.63, 3.8) is 0 Å². The molecule has 0 aliphatic heterocycles. The fourth-order valence-electron chi connectivity index (χ4n) is 1.43. The van der Waals surface area contributed by atoms with Crippen LogP contribution in [0.15, 0.2) is 24.3 Å². The summed E-state index contributed by atoms with van der Waals surface area (Å²) in [6.07, 6.45) is 1.12. The Labute approximate surface area is 104 Å². The van der Waals surface area contributed by atoms with Gasteiger partial charge in [0.05, 0.1) is 4.92 Å². The minimum absolute atomic E-state index is 0.00854. The van der Waals surface area contributed by atoms with Gasteiger partial charge in [-0.3, -0.25) is 14.9 Å². The molecule has 0 saturated heterocycles. The summed E-state index contributed by atoms with van der Waals surface area (Å²) in [7, 11) is 0. The molecule has 0 heterocycles. The summed E-state index contributed by atoms with van der Waals surface area (Å²) in [5.41, 5.74) is -0.196. The van der Waals surface area contributed by atoms with Crippen molar-refractivity contribution in [3.8, 4) is 0 Å². The average Bonchev–Trinajstić information content (AvgIpc) is 2.36. The molecular weight excluding hydrogens is 236 g/mol. The summed E-state index contributed by atoms with van der Waals surface area (Å²) < 4.78 is 0. The molecular formula is C12H14N2O4. The zero-order chi connectivity index (χ0) is 13.5. The molecule has 1 amide bonds. The first-order valence-corrected chi connectivity index (χ1v) is 5.51. The Kier molecular flexibility index (Phi) is 4.98. The van der Waals surface area contributed by atoms with E-state index in [2.05, 4.69) is 5.32 Å². The number of nitrogens with zero attached hydrogens (tertiary/aromatic N) is 1. The number of para-hydroxylation sites is 1. The number of hydrogen-bond acceptors (Lipinski definition) is 4. The molecule has 18 heavy (non-hydrogen) atoms. The molecule has 0 aromatic heterocycles. The molecule has 0 saturated carbocycles. The first kappa shape index (κ1) is 13.8. The highest BCUT2D eigenvalue weighted by molar-refractivity contribution is 5.98. The van der Waals surface area contributed by atoms with Crippen LogP contribution in [0.3, 0.4) is 0 Å². The number of nitro groups is 1. The quantitative estimate of drug-likeness (QED) is 0.471. The van der Waals surface area contributed by atoms with Crippen LogP contribution in [0.25, 0.3) is 0 Å². The van der Waals surface area contributed by atoms with Gasteiger partial charge in [-0.2, -0.15) is 0 Å². The lowest BCUT2D eigenvalue weighted by molar-refractivity contribution is -0.385. The van der Waals surface area contributed by atoms with Gasteiger partial charge in [0, 0.05) is 19.0 Å². The van der Waals surface area contributed by atoms with Crippen LogP contribution in [-0.4, -0.2) is 23.7 Å². The zero-order valence-corrected chi connectivity index (χ0v) is 9.96. The summed E-state index contributed by atoms with van der Waals surface area (Å²) in [5, 5.41) is 13.3. The largest absolute Gasteiger partial charge is 0.352 e. The molecule has 6 heteroatoms. The monoisotopic (exact) mass is 250 g/mol. The molecule has 1 rings (SSSR count). The molecule has 0 aliphatic rings. The third-order valence-electron chi connectivity index (χ3n) is 2.46. The zero-order valence-electron chi connectivity index (χ0n) is 9.96. The van der Waals surface area contributed by atoms with Gasteiger partial charge in [-0.25, -0.2) is 0 Å². The van der Waals surface area contributed by atoms with E-state index >= 15 is 0 Å². The molecule has 1 aromatic rings. The van der Waals surface area contributed by atoms with Gasteiger partial charge in [-0.1, -0.05) is 19.1 Å². The first-order valence-electron chi connectivity index (χ1n) is 5.51. The number of rotatable bonds is 6. The number of carbonyl (C=O) groups excluding carboxylic acids is 2. The Morgan fingerprint density at radius 3 is 2.78 bits per heavy atom. The van der Waals surface area contributed by atoms with Crippen molar-refractivity contribution in [2.75, 3.05) is 6.54 Å². The molecule has 0 aliphatic carbocycles. The standard InChI is InChI=1S/C12H14N2O4/c1-9(6-7-15)8-13-12(16)10-4-2-3-5-11(10)14(17)18/h2-5,7,9H,6,8H2,1H3,(H,13,16). The van der Waals surface area contributed by atoms with E-state index in [1.54, 1.807) is 6.07 Å². The van der Waals surface area contributed by atoms with Crippen molar-refractivity contribution in [1.29, 1.82) is 0 Å². The molecule has 1 atom stereocenters. The Bertz CT molecular complexity index is 459. The number of aldehydes is 1. The molecule has 0 radical (unpaired) electrons. The predicted octanol–water partition coefficient (Wildman–Crippen LogP) is 1.55. The SMILES string of the molecule is CC(CC=O)CNC(=O)c1ccccc1[N+](=O)[O-]. The van der Waals surface area contributed by atoms with Crippen LogP contribution < -0.4 is 5.32 Å². The maximum Gasteiger partial charge on any atom is 0.282 e. The van der Waals surface area contributed by atoms with E-state index in [4.69, 9.17) is 0 Å². The third kappa shape index (κ3) is 3.65. The maximum absolute atomic E-state index is 11.8. The van der Waals surface area contributed by atoms with Crippen molar-refractivity contribution in [1.82, 2.24) is 5.32 Å². The molecule has 0 fully saturated rings. The smallest absolute Gasteiger partial charge is 0.282 e. The highest BCUT2D eigenvalue weighted by atomic mass is 16.6. The van der Waals surface area contributed by atoms with E-state index in [1.165, 1.54) is 18.2 Å². The molecule has 1 aromatic carbocycles. The second-order valence-corrected chi connectivity index (χ2v) is 3.99. The lowest BCUT2D eigenvalue weighted by Gasteiger charge is -2.09. The predicted molar refractivity (Wildman–Crippen MR) is 65.3 cm³/mol. The number of nitrogens with one attached hydrogen (secondary N) is 1. The minimum atomic E-state index is -0.593. The number of benzene rings is 1. The van der Waals surface area contributed by atoms with E-state index in [0.717, 1.165) is 6.29 Å². The second-order valence-electron chi connectivity index (χ2n) is 3.99. The van der Waals surface area contributed by atoms with E-state index in [1.807, 2.05) is 6.92 Å². The van der Waals surface area contributed by atoms with E-state index in [9.17, 15) is 19.7 Å². The van der Waals surface area contributed by atoms with Crippen LogP contribution in [0.5, 0.6) is 0 Å². The summed E-state index contributed by atoms with van der Waals surface area (Å²) in [6, 6.07) is 5.75. The van der Waals surface area contributed by atoms with Crippen molar-refractivity contribution >= 4 is 17.9 Å². The second kappa shape index (κ2) is 6.48. The van der Waals surface area contributed by atoms with Gasteiger partial charge in [-0.15, -0.1) is 0 Å². The van der Waals surface area contributed by atoms with Gasteiger partial charge in [0.1, 0.15) is 11.8 Å². The molecule has 0 bridgehead atoms. The summed E-state index contributed by atoms with van der Waals surface area (Å²) in [4.78, 5) is 32.2. The lowest BCUT2D eigenvalue weighted by atomic mass is 10.1. The summed E-state index contributed by atoms with van der Waals surface area (Å²) >= 11 is 0. The van der Waals surface area contributed by atoms with Crippen LogP contribution in [0, 0.1) is 16.0 Å². The van der Waals surface area contributed by atoms with Crippen LogP contribution >= 0.6 is 0 Å². The molecule has 0 spiro atoms. The van der Waals surface area contributed by atoms with E-state index < -0.39 is 10.8 Å². The molecule has 6 nitrogen and oxygen atoms in total. The fourth-order valence-corrected chi connectivity index (χ4v) is 1.43. The number of carbonyl (C=O) groups is 2. The van der Waals surface area contributed by atoms with Crippen molar-refractivity contribution < 1.29 is 14.5 Å². The van der Waals surface area contributed by atoms with Gasteiger partial charge in [0.25, 0.3) is 11.6 Å². The Balaban J connectivity index is 2.72. The van der Waals surface area contributed by atoms with Crippen molar-refractivity contribution in [3.05, 3.63) is 39.9 Å². The fraction of sp³-hybridized carbons (Fsp3) is 0.333. The number of amides is 1. The van der Waals surface area contributed by atoms with Gasteiger partial charge in [0.2, 0.25) is 0 Å². The molecule has 96 valence electrons. The lowest BCUT2D eigenvalue weighted by Crippen LogP contribution is -2.28. The summed E-state index contributed by atoms with van der Waals surface area (Å²) in [5.74, 6) is -0.491. The van der Waals surface area contributed by atoms with Crippen LogP contribution in [0.2, 0.25) is 0 Å². The van der Waals surface area contributed by atoms with Gasteiger partial charge in [-0.05, 0) is 12.0 Å². The normalized spacial score (nSPS) is 11.6. The summed E-state index contributed by atoms with van der Waals surface area (Å²) in [6.45, 7) is 2.12. The van der Waals surface area contributed by atoms with Crippen LogP contribution in [0.4, 0.5) is 5.69 Å². The molecule has 1 N–H and O–H groups in total. The van der Waals surface area contributed by atoms with Crippen molar-refractivity contribution in [2.24, 2.45) is 5.92 Å². The average molecular weight is 250 g/mol. The Morgan fingerprint density at radius 1 is 1.50 bits per heavy atom. The van der Waals surface area contributed by atoms with E-state index in [-0.39, 0.29) is 17.2 Å². The first-order chi connectivity index (χ1) is 8.56. The number of nitro benzene ring substituents is 1. The highest BCUT2D eigenvalue weighted by Gasteiger charge is 2.19. The number of hydrogen-bond donors (Lipinski definition) is 1.